The van der Waals surface area contributed by atoms with Gasteiger partial charge in [-0.25, -0.2) is 13.8 Å². The van der Waals surface area contributed by atoms with Crippen LogP contribution in [-0.2, 0) is 13.1 Å². The van der Waals surface area contributed by atoms with E-state index < -0.39 is 11.6 Å². The van der Waals surface area contributed by atoms with E-state index in [0.717, 1.165) is 12.1 Å². The molecular formula is C10H10F2N4. The molecule has 0 aliphatic heterocycles. The Morgan fingerprint density at radius 3 is 2.88 bits per heavy atom. The lowest BCUT2D eigenvalue weighted by Gasteiger charge is -2.04. The fraction of sp³-hybridized carbons (Fsp3) is 0.200. The minimum Gasteiger partial charge on any atom is -0.306 e. The van der Waals surface area contributed by atoms with Crippen LogP contribution in [0.15, 0.2) is 24.5 Å². The van der Waals surface area contributed by atoms with E-state index in [0.29, 0.717) is 17.9 Å². The topological polar surface area (TPSA) is 53.6 Å². The minimum absolute atomic E-state index is 0.240. The average Bonchev–Trinajstić information content (AvgIpc) is 2.76. The lowest BCUT2D eigenvalue weighted by molar-refractivity contribution is 0.565. The first kappa shape index (κ1) is 10.7. The Labute approximate surface area is 90.7 Å². The predicted octanol–water partition coefficient (Wildman–Crippen LogP) is 1.37. The molecule has 0 unspecified atom stereocenters. The first-order chi connectivity index (χ1) is 7.75. The summed E-state index contributed by atoms with van der Waals surface area (Å²) in [5, 5.41) is 9.26. The van der Waals surface area contributed by atoms with Gasteiger partial charge in [-0.1, -0.05) is 0 Å². The number of benzene rings is 1. The summed E-state index contributed by atoms with van der Waals surface area (Å²) in [7, 11) is 0. The van der Waals surface area contributed by atoms with Gasteiger partial charge in [0.15, 0.2) is 0 Å². The SMILES string of the molecule is Fc1ccc(F)c(CNCc2ncn[nH]2)c1. The Morgan fingerprint density at radius 1 is 1.25 bits per heavy atom. The molecule has 1 aromatic heterocycles. The number of aromatic nitrogens is 3. The number of hydrogen-bond acceptors (Lipinski definition) is 3. The predicted molar refractivity (Wildman–Crippen MR) is 53.3 cm³/mol. The maximum absolute atomic E-state index is 13.2. The second kappa shape index (κ2) is 4.80. The van der Waals surface area contributed by atoms with Gasteiger partial charge in [-0.15, -0.1) is 0 Å². The molecule has 0 saturated heterocycles. The van der Waals surface area contributed by atoms with Crippen molar-refractivity contribution >= 4 is 0 Å². The minimum atomic E-state index is -0.446. The first-order valence-corrected chi connectivity index (χ1v) is 4.74. The third-order valence-electron chi connectivity index (χ3n) is 2.08. The molecule has 0 amide bonds. The normalized spacial score (nSPS) is 10.6. The van der Waals surface area contributed by atoms with Crippen molar-refractivity contribution in [2.75, 3.05) is 0 Å². The number of nitrogens with one attached hydrogen (secondary N) is 2. The van der Waals surface area contributed by atoms with Crippen molar-refractivity contribution in [2.24, 2.45) is 0 Å². The van der Waals surface area contributed by atoms with Crippen molar-refractivity contribution in [1.82, 2.24) is 20.5 Å². The van der Waals surface area contributed by atoms with Gasteiger partial charge in [0.25, 0.3) is 0 Å². The van der Waals surface area contributed by atoms with E-state index in [1.54, 1.807) is 0 Å². The number of nitrogens with zero attached hydrogens (tertiary/aromatic N) is 2. The van der Waals surface area contributed by atoms with Crippen LogP contribution < -0.4 is 5.32 Å². The van der Waals surface area contributed by atoms with Gasteiger partial charge in [0.05, 0.1) is 6.54 Å². The highest BCUT2D eigenvalue weighted by Crippen LogP contribution is 2.09. The number of aromatic amines is 1. The monoisotopic (exact) mass is 224 g/mol. The van der Waals surface area contributed by atoms with Crippen molar-refractivity contribution < 1.29 is 8.78 Å². The summed E-state index contributed by atoms with van der Waals surface area (Å²) in [5.41, 5.74) is 0.291. The number of halogens is 2. The maximum Gasteiger partial charge on any atom is 0.138 e. The molecule has 0 saturated carbocycles. The largest absolute Gasteiger partial charge is 0.306 e. The van der Waals surface area contributed by atoms with Crippen LogP contribution in [0.3, 0.4) is 0 Å². The van der Waals surface area contributed by atoms with Gasteiger partial charge >= 0.3 is 0 Å². The first-order valence-electron chi connectivity index (χ1n) is 4.74. The Balaban J connectivity index is 1.92. The summed E-state index contributed by atoms with van der Waals surface area (Å²) >= 11 is 0. The van der Waals surface area contributed by atoms with E-state index in [9.17, 15) is 8.78 Å². The van der Waals surface area contributed by atoms with E-state index in [4.69, 9.17) is 0 Å². The van der Waals surface area contributed by atoms with Crippen molar-refractivity contribution in [3.8, 4) is 0 Å². The van der Waals surface area contributed by atoms with Gasteiger partial charge < -0.3 is 5.32 Å². The summed E-state index contributed by atoms with van der Waals surface area (Å²) in [4.78, 5) is 3.89. The average molecular weight is 224 g/mol. The summed E-state index contributed by atoms with van der Waals surface area (Å²) < 4.78 is 26.0. The molecule has 1 aromatic carbocycles. The maximum atomic E-state index is 13.2. The molecule has 84 valence electrons. The Morgan fingerprint density at radius 2 is 2.12 bits per heavy atom. The van der Waals surface area contributed by atoms with Crippen molar-refractivity contribution in [2.45, 2.75) is 13.1 Å². The Kier molecular flexibility index (Phi) is 3.21. The van der Waals surface area contributed by atoms with Crippen LogP contribution in [0.5, 0.6) is 0 Å². The van der Waals surface area contributed by atoms with Gasteiger partial charge in [-0.2, -0.15) is 5.10 Å². The molecule has 16 heavy (non-hydrogen) atoms. The number of rotatable bonds is 4. The molecule has 0 spiro atoms. The molecule has 2 rings (SSSR count). The molecule has 0 bridgehead atoms. The molecule has 2 aromatic rings. The van der Waals surface area contributed by atoms with Crippen LogP contribution in [0.1, 0.15) is 11.4 Å². The number of hydrogen-bond donors (Lipinski definition) is 2. The highest BCUT2D eigenvalue weighted by Gasteiger charge is 2.03. The quantitative estimate of drug-likeness (QED) is 0.824. The van der Waals surface area contributed by atoms with E-state index in [1.807, 2.05) is 0 Å². The summed E-state index contributed by atoms with van der Waals surface area (Å²) in [6, 6.07) is 3.37. The molecule has 0 radical (unpaired) electrons. The third-order valence-corrected chi connectivity index (χ3v) is 2.08. The molecule has 0 fully saturated rings. The highest BCUT2D eigenvalue weighted by molar-refractivity contribution is 5.18. The molecule has 6 heteroatoms. The zero-order chi connectivity index (χ0) is 11.4. The molecule has 0 aliphatic carbocycles. The van der Waals surface area contributed by atoms with E-state index in [2.05, 4.69) is 20.5 Å². The lowest BCUT2D eigenvalue weighted by Crippen LogP contribution is -2.14. The van der Waals surface area contributed by atoms with E-state index in [-0.39, 0.29) is 6.54 Å². The molecule has 2 N–H and O–H groups in total. The van der Waals surface area contributed by atoms with Gasteiger partial charge in [-0.05, 0) is 18.2 Å². The van der Waals surface area contributed by atoms with Crippen LogP contribution >= 0.6 is 0 Å². The summed E-state index contributed by atoms with van der Waals surface area (Å²) in [6.45, 7) is 0.667. The summed E-state index contributed by atoms with van der Waals surface area (Å²) in [5.74, 6) is -0.221. The van der Waals surface area contributed by atoms with Gasteiger partial charge in [0.2, 0.25) is 0 Å². The smallest absolute Gasteiger partial charge is 0.138 e. The molecule has 0 atom stereocenters. The standard InChI is InChI=1S/C10H10F2N4/c11-8-1-2-9(12)7(3-8)4-13-5-10-14-6-15-16-10/h1-3,6,13H,4-5H2,(H,14,15,16). The Hall–Kier alpha value is -1.82. The van der Waals surface area contributed by atoms with Gasteiger partial charge in [0.1, 0.15) is 23.8 Å². The molecule has 4 nitrogen and oxygen atoms in total. The van der Waals surface area contributed by atoms with E-state index in [1.165, 1.54) is 12.4 Å². The van der Waals surface area contributed by atoms with Crippen LogP contribution in [0.25, 0.3) is 0 Å². The molecule has 0 aliphatic rings. The van der Waals surface area contributed by atoms with Gasteiger partial charge in [-0.3, -0.25) is 5.10 Å². The van der Waals surface area contributed by atoms with Crippen LogP contribution in [0.4, 0.5) is 8.78 Å². The second-order valence-corrected chi connectivity index (χ2v) is 3.27. The summed E-state index contributed by atoms with van der Waals surface area (Å²) in [6.07, 6.45) is 1.39. The molecular weight excluding hydrogens is 214 g/mol. The third kappa shape index (κ3) is 2.60. The zero-order valence-corrected chi connectivity index (χ0v) is 8.37. The van der Waals surface area contributed by atoms with E-state index >= 15 is 0 Å². The lowest BCUT2D eigenvalue weighted by atomic mass is 10.2. The van der Waals surface area contributed by atoms with Crippen molar-refractivity contribution in [3.63, 3.8) is 0 Å². The number of H-pyrrole nitrogens is 1. The highest BCUT2D eigenvalue weighted by atomic mass is 19.1. The van der Waals surface area contributed by atoms with Crippen molar-refractivity contribution in [3.05, 3.63) is 47.5 Å². The second-order valence-electron chi connectivity index (χ2n) is 3.27. The van der Waals surface area contributed by atoms with Crippen molar-refractivity contribution in [1.29, 1.82) is 0 Å². The van der Waals surface area contributed by atoms with Gasteiger partial charge in [0, 0.05) is 12.1 Å². The zero-order valence-electron chi connectivity index (χ0n) is 8.37. The van der Waals surface area contributed by atoms with Crippen LogP contribution in [0, 0.1) is 11.6 Å². The van der Waals surface area contributed by atoms with Crippen LogP contribution in [-0.4, -0.2) is 15.2 Å². The fourth-order valence-electron chi connectivity index (χ4n) is 1.31. The Bertz CT molecular complexity index is 456. The van der Waals surface area contributed by atoms with Crippen LogP contribution in [0.2, 0.25) is 0 Å². The fourth-order valence-corrected chi connectivity index (χ4v) is 1.31. The molecule has 1 heterocycles.